The van der Waals surface area contributed by atoms with E-state index in [-0.39, 0.29) is 12.5 Å². The molecular weight excluding hydrogens is 233 g/mol. The lowest BCUT2D eigenvalue weighted by atomic mass is 10.1. The summed E-state index contributed by atoms with van der Waals surface area (Å²) in [7, 11) is -5.14. The Morgan fingerprint density at radius 2 is 1.93 bits per heavy atom. The van der Waals surface area contributed by atoms with Crippen LogP contribution in [-0.2, 0) is 10.0 Å². The molecule has 0 radical (unpaired) electrons. The fourth-order valence-corrected chi connectivity index (χ4v) is 3.46. The Kier molecular flexibility index (Phi) is 2.47. The molecule has 2 heterocycles. The van der Waals surface area contributed by atoms with Crippen LogP contribution in [0.15, 0.2) is 0 Å². The Balaban J connectivity index is 2.25. The highest BCUT2D eigenvalue weighted by atomic mass is 32.2. The number of fused-ring (bicyclic) bond motifs is 1. The van der Waals surface area contributed by atoms with Crippen molar-refractivity contribution in [2.24, 2.45) is 5.92 Å². The number of nitrogens with one attached hydrogen (secondary N) is 1. The number of rotatable bonds is 1. The van der Waals surface area contributed by atoms with Crippen molar-refractivity contribution in [3.63, 3.8) is 0 Å². The van der Waals surface area contributed by atoms with Crippen LogP contribution in [0.1, 0.15) is 6.42 Å². The highest BCUT2D eigenvalue weighted by Gasteiger charge is 2.55. The lowest BCUT2D eigenvalue weighted by molar-refractivity contribution is -0.0492. The molecule has 2 rings (SSSR count). The summed E-state index contributed by atoms with van der Waals surface area (Å²) in [6.45, 7) is 0.910. The van der Waals surface area contributed by atoms with Crippen molar-refractivity contribution in [1.82, 2.24) is 9.62 Å². The fourth-order valence-electron chi connectivity index (χ4n) is 2.24. The third-order valence-corrected chi connectivity index (χ3v) is 4.65. The van der Waals surface area contributed by atoms with Crippen LogP contribution < -0.4 is 5.32 Å². The van der Waals surface area contributed by atoms with Gasteiger partial charge in [-0.05, 0) is 18.9 Å². The smallest absolute Gasteiger partial charge is 0.315 e. The van der Waals surface area contributed by atoms with Crippen molar-refractivity contribution in [2.45, 2.75) is 18.0 Å². The molecule has 0 bridgehead atoms. The van der Waals surface area contributed by atoms with E-state index in [9.17, 15) is 21.6 Å². The first-order valence-electron chi connectivity index (χ1n) is 4.63. The Morgan fingerprint density at radius 3 is 2.53 bits per heavy atom. The van der Waals surface area contributed by atoms with Gasteiger partial charge in [0, 0.05) is 19.1 Å². The van der Waals surface area contributed by atoms with Crippen molar-refractivity contribution in [1.29, 1.82) is 0 Å². The second-order valence-electron chi connectivity index (χ2n) is 3.84. The summed E-state index contributed by atoms with van der Waals surface area (Å²) in [5.41, 5.74) is -5.18. The van der Waals surface area contributed by atoms with E-state index < -0.39 is 21.6 Å². The van der Waals surface area contributed by atoms with Gasteiger partial charge in [0.05, 0.1) is 0 Å². The third kappa shape index (κ3) is 1.64. The average Bonchev–Trinajstić information content (AvgIpc) is 2.58. The van der Waals surface area contributed by atoms with E-state index in [4.69, 9.17) is 0 Å². The van der Waals surface area contributed by atoms with Crippen LogP contribution in [-0.4, -0.2) is 43.9 Å². The van der Waals surface area contributed by atoms with Crippen LogP contribution in [0.25, 0.3) is 0 Å². The zero-order valence-corrected chi connectivity index (χ0v) is 8.61. The molecule has 2 atom stereocenters. The monoisotopic (exact) mass is 244 g/mol. The molecule has 8 heteroatoms. The average molecular weight is 244 g/mol. The molecule has 0 aromatic rings. The number of alkyl halides is 3. The second-order valence-corrected chi connectivity index (χ2v) is 5.72. The topological polar surface area (TPSA) is 49.4 Å². The zero-order valence-electron chi connectivity index (χ0n) is 7.79. The van der Waals surface area contributed by atoms with Gasteiger partial charge in [-0.2, -0.15) is 17.5 Å². The van der Waals surface area contributed by atoms with Crippen LogP contribution in [0.3, 0.4) is 0 Å². The summed E-state index contributed by atoms with van der Waals surface area (Å²) >= 11 is 0. The quantitative estimate of drug-likeness (QED) is 0.713. The summed E-state index contributed by atoms with van der Waals surface area (Å²) in [4.78, 5) is 0. The molecular formula is C7H11F3N2O2S. The summed E-state index contributed by atoms with van der Waals surface area (Å²) in [6.07, 6.45) is 0.507. The van der Waals surface area contributed by atoms with Gasteiger partial charge in [0.2, 0.25) is 0 Å². The molecule has 2 saturated heterocycles. The van der Waals surface area contributed by atoms with E-state index in [1.165, 1.54) is 0 Å². The summed E-state index contributed by atoms with van der Waals surface area (Å²) in [6, 6.07) is -0.517. The standard InChI is InChI=1S/C7H11F3N2O2S/c8-7(9,10)15(13,14)12-2-1-5-3-11-4-6(5)12/h5-6,11H,1-4H2/t5-,6+/m0/s1. The SMILES string of the molecule is O=S(=O)(N1CC[C@H]2CNC[C@H]21)C(F)(F)F. The molecule has 0 aromatic carbocycles. The van der Waals surface area contributed by atoms with Crippen molar-refractivity contribution in [3.05, 3.63) is 0 Å². The number of hydrogen-bond acceptors (Lipinski definition) is 3. The van der Waals surface area contributed by atoms with Gasteiger partial charge in [0.1, 0.15) is 0 Å². The molecule has 2 aliphatic rings. The minimum absolute atomic E-state index is 0.0150. The highest BCUT2D eigenvalue weighted by molar-refractivity contribution is 7.90. The first-order valence-corrected chi connectivity index (χ1v) is 6.07. The molecule has 2 aliphatic heterocycles. The summed E-state index contributed by atoms with van der Waals surface area (Å²) < 4.78 is 59.8. The van der Waals surface area contributed by atoms with Gasteiger partial charge in [0.25, 0.3) is 0 Å². The minimum atomic E-state index is -5.18. The van der Waals surface area contributed by atoms with Gasteiger partial charge in [0.15, 0.2) is 0 Å². The molecule has 4 nitrogen and oxygen atoms in total. The van der Waals surface area contributed by atoms with E-state index in [1.807, 2.05) is 0 Å². The van der Waals surface area contributed by atoms with Crippen LogP contribution in [0.4, 0.5) is 13.2 Å². The Labute approximate surface area is 85.5 Å². The van der Waals surface area contributed by atoms with E-state index in [2.05, 4.69) is 5.32 Å². The summed E-state index contributed by atoms with van der Waals surface area (Å²) in [5, 5.41) is 2.90. The van der Waals surface area contributed by atoms with Gasteiger partial charge in [-0.1, -0.05) is 0 Å². The molecule has 0 amide bonds. The first kappa shape index (κ1) is 11.2. The molecule has 0 aromatic heterocycles. The molecule has 0 aliphatic carbocycles. The molecule has 0 saturated carbocycles. The molecule has 15 heavy (non-hydrogen) atoms. The second kappa shape index (κ2) is 3.33. The van der Waals surface area contributed by atoms with Crippen molar-refractivity contribution in [2.75, 3.05) is 19.6 Å². The Hall–Kier alpha value is -0.340. The van der Waals surface area contributed by atoms with Crippen LogP contribution in [0.5, 0.6) is 0 Å². The van der Waals surface area contributed by atoms with E-state index >= 15 is 0 Å². The highest BCUT2D eigenvalue weighted by Crippen LogP contribution is 2.35. The van der Waals surface area contributed by atoms with Gasteiger partial charge >= 0.3 is 15.5 Å². The number of hydrogen-bond donors (Lipinski definition) is 1. The van der Waals surface area contributed by atoms with E-state index in [0.29, 0.717) is 23.8 Å². The summed E-state index contributed by atoms with van der Waals surface area (Å²) in [5.74, 6) is 0.0297. The van der Waals surface area contributed by atoms with Gasteiger partial charge in [-0.15, -0.1) is 0 Å². The Morgan fingerprint density at radius 1 is 1.27 bits per heavy atom. The lowest BCUT2D eigenvalue weighted by Crippen LogP contribution is -2.45. The van der Waals surface area contributed by atoms with Crippen LogP contribution >= 0.6 is 0 Å². The molecule has 0 spiro atoms. The van der Waals surface area contributed by atoms with Crippen molar-refractivity contribution < 1.29 is 21.6 Å². The Bertz CT molecular complexity index is 354. The van der Waals surface area contributed by atoms with Gasteiger partial charge in [-0.25, -0.2) is 8.42 Å². The zero-order chi connectivity index (χ0) is 11.3. The van der Waals surface area contributed by atoms with E-state index in [1.54, 1.807) is 0 Å². The van der Waals surface area contributed by atoms with Crippen LogP contribution in [0.2, 0.25) is 0 Å². The molecule has 88 valence electrons. The van der Waals surface area contributed by atoms with Gasteiger partial charge < -0.3 is 5.32 Å². The largest absolute Gasteiger partial charge is 0.511 e. The molecule has 1 N–H and O–H groups in total. The maximum absolute atomic E-state index is 12.3. The maximum atomic E-state index is 12.3. The number of halogens is 3. The van der Waals surface area contributed by atoms with Crippen molar-refractivity contribution in [3.8, 4) is 0 Å². The first-order chi connectivity index (χ1) is 6.84. The predicted octanol–water partition coefficient (Wildman–Crippen LogP) is 0.130. The number of sulfonamides is 1. The predicted molar refractivity (Wildman–Crippen MR) is 46.4 cm³/mol. The minimum Gasteiger partial charge on any atom is -0.315 e. The van der Waals surface area contributed by atoms with E-state index in [0.717, 1.165) is 0 Å². The fraction of sp³-hybridized carbons (Fsp3) is 1.00. The van der Waals surface area contributed by atoms with Crippen LogP contribution in [0, 0.1) is 5.92 Å². The maximum Gasteiger partial charge on any atom is 0.511 e. The van der Waals surface area contributed by atoms with Crippen molar-refractivity contribution >= 4 is 10.0 Å². The van der Waals surface area contributed by atoms with Gasteiger partial charge in [-0.3, -0.25) is 0 Å². The lowest BCUT2D eigenvalue weighted by Gasteiger charge is -2.23. The normalized spacial score (nSPS) is 33.3. The molecule has 0 unspecified atom stereocenters. The third-order valence-electron chi connectivity index (χ3n) is 3.00. The number of nitrogens with zero attached hydrogens (tertiary/aromatic N) is 1. The molecule has 2 fully saturated rings.